The second-order valence-electron chi connectivity index (χ2n) is 11.1. The lowest BCUT2D eigenvalue weighted by Crippen LogP contribution is -2.33. The molecule has 1 atom stereocenters. The normalized spacial score (nSPS) is 15.9. The molecule has 0 bridgehead atoms. The number of hydrogen-bond donors (Lipinski definition) is 2. The monoisotopic (exact) mass is 571 g/mol. The zero-order valence-electron chi connectivity index (χ0n) is 24.9. The molecule has 3 aromatic rings. The summed E-state index contributed by atoms with van der Waals surface area (Å²) in [6.07, 6.45) is 12.0. The van der Waals surface area contributed by atoms with E-state index in [1.165, 1.54) is 12.8 Å². The van der Waals surface area contributed by atoms with Crippen LogP contribution in [-0.2, 0) is 6.42 Å². The van der Waals surface area contributed by atoms with E-state index in [0.29, 0.717) is 18.1 Å². The van der Waals surface area contributed by atoms with Crippen LogP contribution in [0, 0.1) is 5.92 Å². The molecule has 5 rings (SSSR count). The second kappa shape index (κ2) is 13.8. The Hall–Kier alpha value is -3.91. The zero-order chi connectivity index (χ0) is 29.5. The molecule has 1 saturated heterocycles. The van der Waals surface area contributed by atoms with Crippen LogP contribution in [0.5, 0.6) is 5.75 Å². The molecule has 2 aliphatic heterocycles. The number of carbonyl (C=O) groups excluding carboxylic acids is 1. The highest BCUT2D eigenvalue weighted by molar-refractivity contribution is 5.96. The van der Waals surface area contributed by atoms with Crippen LogP contribution in [0.1, 0.15) is 67.7 Å². The van der Waals surface area contributed by atoms with Crippen molar-refractivity contribution >= 4 is 23.5 Å². The number of alkyl halides is 1. The van der Waals surface area contributed by atoms with Crippen LogP contribution in [-0.4, -0.2) is 53.4 Å². The van der Waals surface area contributed by atoms with E-state index in [2.05, 4.69) is 40.3 Å². The van der Waals surface area contributed by atoms with Crippen LogP contribution in [0.2, 0.25) is 0 Å². The number of ether oxygens (including phenoxy) is 1. The number of aromatic nitrogens is 2. The first-order valence-corrected chi connectivity index (χ1v) is 15.2. The Morgan fingerprint density at radius 1 is 1.19 bits per heavy atom. The number of anilines is 1. The zero-order valence-corrected chi connectivity index (χ0v) is 24.9. The van der Waals surface area contributed by atoms with Gasteiger partial charge in [-0.15, -0.1) is 0 Å². The van der Waals surface area contributed by atoms with Gasteiger partial charge in [0.2, 0.25) is 6.36 Å². The van der Waals surface area contributed by atoms with Gasteiger partial charge in [0.05, 0.1) is 17.6 Å². The van der Waals surface area contributed by atoms with Crippen molar-refractivity contribution in [1.29, 1.82) is 0 Å². The summed E-state index contributed by atoms with van der Waals surface area (Å²) in [7, 11) is 1.92. The van der Waals surface area contributed by atoms with E-state index in [9.17, 15) is 9.18 Å². The van der Waals surface area contributed by atoms with E-state index in [1.54, 1.807) is 19.1 Å². The standard InChI is InChI=1S/C34H42FN5O2/c1-4-25-22-27(11-14-29(25)34(41)39(3)21-17-24-15-18-36-19-16-24)38-30-8-6-7-20-40-31(23-37-33(30)40)26-9-12-28(13-10-26)42-32(35)5-2/h7-14,20,22-24,32,36,38H,4-6,15-19,21H2,1-3H3. The summed E-state index contributed by atoms with van der Waals surface area (Å²) >= 11 is 0. The molecule has 1 amide bonds. The molecule has 0 radical (unpaired) electrons. The van der Waals surface area contributed by atoms with Crippen LogP contribution < -0.4 is 15.4 Å². The number of carbonyl (C=O) groups is 1. The average Bonchev–Trinajstić information content (AvgIpc) is 3.35. The number of fused-ring (bicyclic) bond motifs is 1. The minimum absolute atomic E-state index is 0.0820. The van der Waals surface area contributed by atoms with Gasteiger partial charge in [-0.25, -0.2) is 9.37 Å². The second-order valence-corrected chi connectivity index (χ2v) is 11.1. The predicted octanol–water partition coefficient (Wildman–Crippen LogP) is 6.99. The minimum atomic E-state index is -1.31. The Morgan fingerprint density at radius 3 is 2.71 bits per heavy atom. The number of halogens is 1. The maximum atomic E-state index is 13.6. The van der Waals surface area contributed by atoms with Crippen molar-refractivity contribution in [2.24, 2.45) is 5.92 Å². The van der Waals surface area contributed by atoms with Gasteiger partial charge in [0.1, 0.15) is 5.75 Å². The summed E-state index contributed by atoms with van der Waals surface area (Å²) in [5.41, 5.74) is 5.49. The molecule has 2 aromatic carbocycles. The third kappa shape index (κ3) is 6.93. The Labute approximate surface area is 248 Å². The quantitative estimate of drug-likeness (QED) is 0.260. The summed E-state index contributed by atoms with van der Waals surface area (Å²) < 4.78 is 21.0. The van der Waals surface area contributed by atoms with Gasteiger partial charge in [-0.05, 0) is 99.1 Å². The maximum Gasteiger partial charge on any atom is 0.253 e. The van der Waals surface area contributed by atoms with E-state index in [1.807, 2.05) is 48.6 Å². The Kier molecular flexibility index (Phi) is 9.74. The van der Waals surface area contributed by atoms with Gasteiger partial charge in [0.15, 0.2) is 5.82 Å². The van der Waals surface area contributed by atoms with Crippen molar-refractivity contribution in [2.45, 2.75) is 58.7 Å². The lowest BCUT2D eigenvalue weighted by Gasteiger charge is -2.26. The summed E-state index contributed by atoms with van der Waals surface area (Å²) in [6, 6.07) is 13.4. The molecule has 3 heterocycles. The summed E-state index contributed by atoms with van der Waals surface area (Å²) in [4.78, 5) is 20.0. The lowest BCUT2D eigenvalue weighted by atomic mass is 9.94. The largest absolute Gasteiger partial charge is 0.460 e. The van der Waals surface area contributed by atoms with Crippen molar-refractivity contribution < 1.29 is 13.9 Å². The third-order valence-electron chi connectivity index (χ3n) is 8.16. The SMILES string of the molecule is CCc1cc(NC2=CCC=Cn3c(-c4ccc(OC(F)CC)cc4)cnc32)ccc1C(=O)N(C)CCC1CCNCC1. The van der Waals surface area contributed by atoms with Crippen LogP contribution in [0.25, 0.3) is 23.2 Å². The molecule has 8 heteroatoms. The number of nitrogens with one attached hydrogen (secondary N) is 2. The topological polar surface area (TPSA) is 71.4 Å². The number of imidazole rings is 1. The molecule has 42 heavy (non-hydrogen) atoms. The van der Waals surface area contributed by atoms with Crippen molar-refractivity contribution in [3.63, 3.8) is 0 Å². The minimum Gasteiger partial charge on any atom is -0.460 e. The molecule has 1 unspecified atom stereocenters. The summed E-state index contributed by atoms with van der Waals surface area (Å²) in [5.74, 6) is 2.07. The molecule has 0 saturated carbocycles. The number of benzene rings is 2. The molecule has 0 aliphatic carbocycles. The van der Waals surface area contributed by atoms with E-state index in [-0.39, 0.29) is 5.91 Å². The van der Waals surface area contributed by atoms with Gasteiger partial charge in [-0.3, -0.25) is 9.36 Å². The van der Waals surface area contributed by atoms with Crippen LogP contribution in [0.4, 0.5) is 10.1 Å². The van der Waals surface area contributed by atoms with E-state index < -0.39 is 6.36 Å². The summed E-state index contributed by atoms with van der Waals surface area (Å²) in [6.45, 7) is 6.77. The summed E-state index contributed by atoms with van der Waals surface area (Å²) in [5, 5.41) is 6.98. The molecular formula is C34H42FN5O2. The van der Waals surface area contributed by atoms with Gasteiger partial charge < -0.3 is 20.3 Å². The molecule has 7 nitrogen and oxygen atoms in total. The number of aryl methyl sites for hydroxylation is 1. The lowest BCUT2D eigenvalue weighted by molar-refractivity contribution is 0.0642. The van der Waals surface area contributed by atoms with Crippen molar-refractivity contribution in [3.8, 4) is 17.0 Å². The van der Waals surface area contributed by atoms with E-state index in [0.717, 1.165) is 78.5 Å². The van der Waals surface area contributed by atoms with E-state index >= 15 is 0 Å². The smallest absolute Gasteiger partial charge is 0.253 e. The van der Waals surface area contributed by atoms with Crippen LogP contribution in [0.3, 0.4) is 0 Å². The molecule has 2 aliphatic rings. The first kappa shape index (κ1) is 29.6. The number of allylic oxidation sites excluding steroid dienone is 2. The Morgan fingerprint density at radius 2 is 1.98 bits per heavy atom. The van der Waals surface area contributed by atoms with Crippen molar-refractivity contribution in [2.75, 3.05) is 32.0 Å². The number of piperidine rings is 1. The number of hydrogen-bond acceptors (Lipinski definition) is 5. The highest BCUT2D eigenvalue weighted by Gasteiger charge is 2.20. The van der Waals surface area contributed by atoms with Gasteiger partial charge in [-0.1, -0.05) is 26.0 Å². The van der Waals surface area contributed by atoms with Crippen molar-refractivity contribution in [3.05, 3.63) is 77.8 Å². The highest BCUT2D eigenvalue weighted by Crippen LogP contribution is 2.30. The van der Waals surface area contributed by atoms with E-state index in [4.69, 9.17) is 9.72 Å². The molecular weight excluding hydrogens is 529 g/mol. The predicted molar refractivity (Wildman–Crippen MR) is 168 cm³/mol. The van der Waals surface area contributed by atoms with Crippen LogP contribution >= 0.6 is 0 Å². The van der Waals surface area contributed by atoms with Gasteiger partial charge in [0, 0.05) is 43.0 Å². The number of nitrogens with zero attached hydrogens (tertiary/aromatic N) is 3. The average molecular weight is 572 g/mol. The first-order chi connectivity index (χ1) is 20.5. The molecule has 1 fully saturated rings. The van der Waals surface area contributed by atoms with Gasteiger partial charge in [0.25, 0.3) is 5.91 Å². The number of amides is 1. The first-order valence-electron chi connectivity index (χ1n) is 15.2. The fourth-order valence-electron chi connectivity index (χ4n) is 5.59. The molecule has 2 N–H and O–H groups in total. The van der Waals surface area contributed by atoms with Crippen molar-refractivity contribution in [1.82, 2.24) is 19.8 Å². The van der Waals surface area contributed by atoms with Gasteiger partial charge in [-0.2, -0.15) is 0 Å². The Bertz CT molecular complexity index is 1420. The molecule has 222 valence electrons. The fourth-order valence-corrected chi connectivity index (χ4v) is 5.59. The fraction of sp³-hybridized carbons (Fsp3) is 0.412. The highest BCUT2D eigenvalue weighted by atomic mass is 19.1. The molecule has 1 aromatic heterocycles. The maximum absolute atomic E-state index is 13.6. The molecule has 0 spiro atoms. The van der Waals surface area contributed by atoms with Gasteiger partial charge >= 0.3 is 0 Å². The van der Waals surface area contributed by atoms with Crippen LogP contribution in [0.15, 0.2) is 60.8 Å². The number of rotatable bonds is 11. The third-order valence-corrected chi connectivity index (χ3v) is 8.16. The Balaban J connectivity index is 1.30.